The Hall–Kier alpha value is -3.26. The van der Waals surface area contributed by atoms with Gasteiger partial charge in [0.15, 0.2) is 5.16 Å². The predicted molar refractivity (Wildman–Crippen MR) is 108 cm³/mol. The van der Waals surface area contributed by atoms with Crippen molar-refractivity contribution < 1.29 is 19.8 Å². The average Bonchev–Trinajstić information content (AvgIpc) is 3.16. The number of hydrogen-bond donors (Lipinski definition) is 4. The highest BCUT2D eigenvalue weighted by Gasteiger charge is 2.11. The van der Waals surface area contributed by atoms with Gasteiger partial charge in [0.2, 0.25) is 0 Å². The zero-order chi connectivity index (χ0) is 22.8. The average molecular weight is 440 g/mol. The number of aryl methyl sites for hydroxylation is 1. The van der Waals surface area contributed by atoms with Crippen molar-refractivity contribution in [2.75, 3.05) is 7.05 Å². The SMILES string of the molecule is CC(=O)O.CC(=O)O.CNCc1nnc(SCc2cc(=O)n3[nH]c(C)nc3n2)n1C. The summed E-state index contributed by atoms with van der Waals surface area (Å²) >= 11 is 1.48. The summed E-state index contributed by atoms with van der Waals surface area (Å²) in [6.07, 6.45) is 0. The van der Waals surface area contributed by atoms with E-state index in [-0.39, 0.29) is 5.56 Å². The molecule has 4 N–H and O–H groups in total. The molecule has 0 spiro atoms. The van der Waals surface area contributed by atoms with Crippen LogP contribution in [0.15, 0.2) is 16.0 Å². The Morgan fingerprint density at radius 2 is 1.80 bits per heavy atom. The Kier molecular flexibility index (Phi) is 9.64. The zero-order valence-electron chi connectivity index (χ0n) is 17.2. The van der Waals surface area contributed by atoms with Crippen molar-refractivity contribution in [1.82, 2.24) is 39.7 Å². The Balaban J connectivity index is 0.000000485. The number of carbonyl (C=O) groups is 2. The molecule has 0 aromatic carbocycles. The molecule has 3 aromatic rings. The number of hydrogen-bond acceptors (Lipinski definition) is 9. The van der Waals surface area contributed by atoms with E-state index in [0.717, 1.165) is 24.8 Å². The van der Waals surface area contributed by atoms with E-state index in [1.165, 1.54) is 22.3 Å². The van der Waals surface area contributed by atoms with Crippen LogP contribution in [0.5, 0.6) is 0 Å². The molecule has 0 unspecified atom stereocenters. The van der Waals surface area contributed by atoms with Gasteiger partial charge in [-0.1, -0.05) is 11.8 Å². The number of rotatable bonds is 5. The monoisotopic (exact) mass is 440 g/mol. The molecule has 13 nitrogen and oxygen atoms in total. The van der Waals surface area contributed by atoms with Crippen molar-refractivity contribution in [2.24, 2.45) is 7.05 Å². The van der Waals surface area contributed by atoms with Crippen LogP contribution in [0, 0.1) is 6.92 Å². The summed E-state index contributed by atoms with van der Waals surface area (Å²) in [5.41, 5.74) is 0.495. The molecule has 0 saturated heterocycles. The standard InChI is InChI=1S/C12H16N8OS.2C2H4O2/c1-7-14-11-15-8(4-10(21)20(11)18-7)6-22-12-17-16-9(5-13-2)19(12)3;2*1-2(3)4/h4,13H,5-6H2,1-3H3,(H,14,15,18);2*1H3,(H,3,4). The lowest BCUT2D eigenvalue weighted by molar-refractivity contribution is -0.135. The van der Waals surface area contributed by atoms with Crippen molar-refractivity contribution in [3.05, 3.63) is 33.8 Å². The third kappa shape index (κ3) is 8.00. The molecule has 3 heterocycles. The van der Waals surface area contributed by atoms with Crippen LogP contribution in [0.4, 0.5) is 0 Å². The van der Waals surface area contributed by atoms with Crippen molar-refractivity contribution >= 4 is 29.5 Å². The number of aromatic amines is 1. The third-order valence-corrected chi connectivity index (χ3v) is 4.16. The number of carboxylic acid groups (broad SMARTS) is 2. The van der Waals surface area contributed by atoms with E-state index in [0.29, 0.717) is 29.6 Å². The fourth-order valence-corrected chi connectivity index (χ4v) is 2.85. The molecule has 30 heavy (non-hydrogen) atoms. The minimum absolute atomic E-state index is 0.171. The van der Waals surface area contributed by atoms with E-state index in [4.69, 9.17) is 19.8 Å². The molecule has 0 aliphatic rings. The van der Waals surface area contributed by atoms with Crippen molar-refractivity contribution in [2.45, 2.75) is 38.2 Å². The summed E-state index contributed by atoms with van der Waals surface area (Å²) in [5.74, 6) is 0.758. The van der Waals surface area contributed by atoms with E-state index in [1.807, 2.05) is 18.7 Å². The molecule has 0 atom stereocenters. The van der Waals surface area contributed by atoms with Gasteiger partial charge in [-0.15, -0.1) is 10.2 Å². The van der Waals surface area contributed by atoms with E-state index in [2.05, 4.69) is 30.6 Å². The highest BCUT2D eigenvalue weighted by atomic mass is 32.2. The van der Waals surface area contributed by atoms with E-state index in [1.54, 1.807) is 6.92 Å². The maximum absolute atomic E-state index is 12.0. The highest BCUT2D eigenvalue weighted by Crippen LogP contribution is 2.19. The Bertz CT molecular complexity index is 1040. The number of aliphatic carboxylic acids is 2. The molecule has 0 aliphatic heterocycles. The third-order valence-electron chi connectivity index (χ3n) is 3.10. The van der Waals surface area contributed by atoms with Gasteiger partial charge in [0.05, 0.1) is 12.2 Å². The number of H-pyrrole nitrogens is 1. The molecule has 0 aliphatic carbocycles. The van der Waals surface area contributed by atoms with Gasteiger partial charge >= 0.3 is 0 Å². The summed E-state index contributed by atoms with van der Waals surface area (Å²) < 4.78 is 3.25. The second-order valence-corrected chi connectivity index (χ2v) is 6.79. The summed E-state index contributed by atoms with van der Waals surface area (Å²) in [6.45, 7) is 4.60. The highest BCUT2D eigenvalue weighted by molar-refractivity contribution is 7.98. The van der Waals surface area contributed by atoms with Gasteiger partial charge < -0.3 is 20.1 Å². The first-order valence-electron chi connectivity index (χ1n) is 8.55. The fourth-order valence-electron chi connectivity index (χ4n) is 2.03. The summed E-state index contributed by atoms with van der Waals surface area (Å²) in [6, 6.07) is 1.50. The molecule has 0 bridgehead atoms. The first-order chi connectivity index (χ1) is 14.0. The molecule has 0 radical (unpaired) electrons. The number of thioether (sulfide) groups is 1. The first kappa shape index (κ1) is 24.8. The molecule has 3 aromatic heterocycles. The number of aromatic nitrogens is 7. The molecule has 0 saturated carbocycles. The minimum atomic E-state index is -0.833. The van der Waals surface area contributed by atoms with Gasteiger partial charge in [-0.25, -0.2) is 4.98 Å². The molecular weight excluding hydrogens is 416 g/mol. The molecular formula is C16H24N8O5S. The number of nitrogens with zero attached hydrogens (tertiary/aromatic N) is 6. The van der Waals surface area contributed by atoms with Gasteiger partial charge in [0, 0.05) is 32.7 Å². The summed E-state index contributed by atoms with van der Waals surface area (Å²) in [5, 5.41) is 29.8. The molecule has 164 valence electrons. The lowest BCUT2D eigenvalue weighted by atomic mass is 10.4. The van der Waals surface area contributed by atoms with Crippen molar-refractivity contribution in [3.8, 4) is 0 Å². The number of fused-ring (bicyclic) bond motifs is 1. The van der Waals surface area contributed by atoms with Gasteiger partial charge in [0.1, 0.15) is 11.6 Å². The fraction of sp³-hybridized carbons (Fsp3) is 0.438. The second kappa shape index (κ2) is 11.7. The van der Waals surface area contributed by atoms with Crippen LogP contribution in [0.3, 0.4) is 0 Å². The molecule has 14 heteroatoms. The smallest absolute Gasteiger partial charge is 0.300 e. The lowest BCUT2D eigenvalue weighted by Gasteiger charge is -2.03. The van der Waals surface area contributed by atoms with Crippen LogP contribution < -0.4 is 10.9 Å². The van der Waals surface area contributed by atoms with Crippen LogP contribution in [0.2, 0.25) is 0 Å². The largest absolute Gasteiger partial charge is 0.481 e. The topological polar surface area (TPSA) is 180 Å². The minimum Gasteiger partial charge on any atom is -0.481 e. The summed E-state index contributed by atoms with van der Waals surface area (Å²) in [7, 11) is 3.78. The van der Waals surface area contributed by atoms with E-state index >= 15 is 0 Å². The van der Waals surface area contributed by atoms with Gasteiger partial charge in [-0.2, -0.15) is 9.50 Å². The summed E-state index contributed by atoms with van der Waals surface area (Å²) in [4.78, 5) is 38.5. The number of carboxylic acids is 2. The Labute approximate surface area is 175 Å². The van der Waals surface area contributed by atoms with Crippen LogP contribution in [0.25, 0.3) is 5.78 Å². The lowest BCUT2D eigenvalue weighted by Crippen LogP contribution is -2.15. The van der Waals surface area contributed by atoms with Gasteiger partial charge in [0.25, 0.3) is 23.3 Å². The van der Waals surface area contributed by atoms with Crippen LogP contribution in [0.1, 0.15) is 31.2 Å². The number of nitrogens with one attached hydrogen (secondary N) is 2. The quantitative estimate of drug-likeness (QED) is 0.393. The predicted octanol–water partition coefficient (Wildman–Crippen LogP) is 0.0480. The maximum atomic E-state index is 12.0. The molecule has 0 fully saturated rings. The second-order valence-electron chi connectivity index (χ2n) is 5.85. The Morgan fingerprint density at radius 1 is 1.20 bits per heavy atom. The van der Waals surface area contributed by atoms with Crippen molar-refractivity contribution in [3.63, 3.8) is 0 Å². The first-order valence-corrected chi connectivity index (χ1v) is 9.53. The maximum Gasteiger partial charge on any atom is 0.300 e. The van der Waals surface area contributed by atoms with Crippen LogP contribution >= 0.6 is 11.8 Å². The van der Waals surface area contributed by atoms with E-state index < -0.39 is 11.9 Å². The van der Waals surface area contributed by atoms with Gasteiger partial charge in [-0.3, -0.25) is 19.5 Å². The van der Waals surface area contributed by atoms with E-state index in [9.17, 15) is 4.79 Å². The zero-order valence-corrected chi connectivity index (χ0v) is 18.0. The van der Waals surface area contributed by atoms with Crippen molar-refractivity contribution in [1.29, 1.82) is 0 Å². The van der Waals surface area contributed by atoms with Crippen LogP contribution in [-0.2, 0) is 28.9 Å². The normalized spacial score (nSPS) is 10.0. The Morgan fingerprint density at radius 3 is 2.37 bits per heavy atom. The molecule has 3 rings (SSSR count). The van der Waals surface area contributed by atoms with Crippen LogP contribution in [-0.4, -0.2) is 63.5 Å². The van der Waals surface area contributed by atoms with Gasteiger partial charge in [-0.05, 0) is 14.0 Å². The molecule has 0 amide bonds.